The van der Waals surface area contributed by atoms with Gasteiger partial charge in [-0.15, -0.1) is 0 Å². The molecule has 0 radical (unpaired) electrons. The van der Waals surface area contributed by atoms with Crippen LogP contribution in [0.5, 0.6) is 0 Å². The number of H-pyrrole nitrogens is 1. The van der Waals surface area contributed by atoms with Gasteiger partial charge in [0.1, 0.15) is 6.54 Å². The van der Waals surface area contributed by atoms with Gasteiger partial charge in [-0.25, -0.2) is 0 Å². The average molecular weight is 448 g/mol. The highest BCUT2D eigenvalue weighted by Gasteiger charge is 2.09. The summed E-state index contributed by atoms with van der Waals surface area (Å²) in [6.07, 6.45) is 4.88. The number of aromatic amines is 1. The van der Waals surface area contributed by atoms with E-state index in [1.54, 1.807) is 0 Å². The number of aromatic nitrogens is 2. The molecule has 0 aliphatic carbocycles. The van der Waals surface area contributed by atoms with Gasteiger partial charge in [-0.2, -0.15) is 0 Å². The Morgan fingerprint density at radius 2 is 1.97 bits per heavy atom. The summed E-state index contributed by atoms with van der Waals surface area (Å²) in [4.78, 5) is 15.5. The number of hydrogen-bond donors (Lipinski definition) is 4. The second-order valence-corrected chi connectivity index (χ2v) is 8.81. The average Bonchev–Trinajstić information content (AvgIpc) is 3.36. The Morgan fingerprint density at radius 3 is 2.81 bits per heavy atom. The van der Waals surface area contributed by atoms with E-state index in [1.165, 1.54) is 10.9 Å². The Hall–Kier alpha value is -3.32. The van der Waals surface area contributed by atoms with Crippen LogP contribution in [0.2, 0.25) is 0 Å². The molecule has 1 amide bonds. The lowest BCUT2D eigenvalue weighted by molar-refractivity contribution is -0.121. The standard InChI is InChI=1S/C25H29N5OS/c1-17(2)14-28-24(31)16-30-12-10-18-7-8-20(13-23(18)30)29-25(32)26-11-9-19-15-27-22-6-4-3-5-21(19)22/h3-8,10,12-13,15,17,27H,9,11,14,16H2,1-2H3,(H,28,31)(H2,26,29,32). The summed E-state index contributed by atoms with van der Waals surface area (Å²) in [5, 5.41) is 12.4. The number of carbonyl (C=O) groups is 1. The molecule has 0 atom stereocenters. The molecule has 0 saturated carbocycles. The summed E-state index contributed by atoms with van der Waals surface area (Å²) in [7, 11) is 0. The molecule has 0 bridgehead atoms. The van der Waals surface area contributed by atoms with E-state index in [-0.39, 0.29) is 5.91 Å². The molecule has 7 heteroatoms. The van der Waals surface area contributed by atoms with E-state index in [0.717, 1.165) is 35.1 Å². The zero-order valence-electron chi connectivity index (χ0n) is 18.4. The topological polar surface area (TPSA) is 73.9 Å². The van der Waals surface area contributed by atoms with Gasteiger partial charge in [0.05, 0.1) is 5.52 Å². The van der Waals surface area contributed by atoms with Crippen LogP contribution in [-0.2, 0) is 17.8 Å². The van der Waals surface area contributed by atoms with Crippen molar-refractivity contribution >= 4 is 50.7 Å². The van der Waals surface area contributed by atoms with Crippen LogP contribution in [0.4, 0.5) is 5.69 Å². The number of carbonyl (C=O) groups excluding carboxylic acids is 1. The fraction of sp³-hybridized carbons (Fsp3) is 0.280. The van der Waals surface area contributed by atoms with Crippen molar-refractivity contribution < 1.29 is 4.79 Å². The lowest BCUT2D eigenvalue weighted by Gasteiger charge is -2.12. The third kappa shape index (κ3) is 5.29. The summed E-state index contributed by atoms with van der Waals surface area (Å²) < 4.78 is 1.96. The van der Waals surface area contributed by atoms with Gasteiger partial charge < -0.3 is 25.5 Å². The van der Waals surface area contributed by atoms with Crippen LogP contribution in [0.1, 0.15) is 19.4 Å². The molecule has 4 N–H and O–H groups in total. The lowest BCUT2D eigenvalue weighted by atomic mass is 10.1. The van der Waals surface area contributed by atoms with Crippen molar-refractivity contribution in [2.24, 2.45) is 5.92 Å². The Bertz CT molecular complexity index is 1240. The predicted octanol–water partition coefficient (Wildman–Crippen LogP) is 4.42. The van der Waals surface area contributed by atoms with Gasteiger partial charge in [-0.1, -0.05) is 38.1 Å². The molecule has 2 aromatic heterocycles. The molecule has 2 aromatic carbocycles. The molecule has 0 spiro atoms. The molecule has 6 nitrogen and oxygen atoms in total. The Morgan fingerprint density at radius 1 is 1.12 bits per heavy atom. The molecule has 0 aliphatic heterocycles. The normalized spacial score (nSPS) is 11.2. The number of hydrogen-bond acceptors (Lipinski definition) is 2. The SMILES string of the molecule is CC(C)CNC(=O)Cn1ccc2ccc(NC(=S)NCCc3c[nH]c4ccccc34)cc21. The number of nitrogens with zero attached hydrogens (tertiary/aromatic N) is 1. The molecular weight excluding hydrogens is 418 g/mol. The fourth-order valence-corrected chi connectivity index (χ4v) is 3.97. The summed E-state index contributed by atoms with van der Waals surface area (Å²) in [5.74, 6) is 0.449. The number of nitrogens with one attached hydrogen (secondary N) is 4. The van der Waals surface area contributed by atoms with Crippen LogP contribution in [0.3, 0.4) is 0 Å². The van der Waals surface area contributed by atoms with E-state index in [2.05, 4.69) is 59.2 Å². The quantitative estimate of drug-likeness (QED) is 0.302. The van der Waals surface area contributed by atoms with Crippen LogP contribution >= 0.6 is 12.2 Å². The van der Waals surface area contributed by atoms with Crippen molar-refractivity contribution in [2.75, 3.05) is 18.4 Å². The molecule has 0 saturated heterocycles. The van der Waals surface area contributed by atoms with E-state index in [1.807, 2.05) is 41.1 Å². The predicted molar refractivity (Wildman–Crippen MR) is 136 cm³/mol. The van der Waals surface area contributed by atoms with Crippen LogP contribution < -0.4 is 16.0 Å². The minimum Gasteiger partial charge on any atom is -0.362 e. The van der Waals surface area contributed by atoms with Crippen molar-refractivity contribution in [1.29, 1.82) is 0 Å². The maximum Gasteiger partial charge on any atom is 0.239 e. The zero-order valence-corrected chi connectivity index (χ0v) is 19.3. The third-order valence-corrected chi connectivity index (χ3v) is 5.65. The maximum absolute atomic E-state index is 12.2. The van der Waals surface area contributed by atoms with Gasteiger partial charge in [0, 0.05) is 42.1 Å². The van der Waals surface area contributed by atoms with Gasteiger partial charge in [0.25, 0.3) is 0 Å². The highest BCUT2D eigenvalue weighted by molar-refractivity contribution is 7.80. The molecule has 0 fully saturated rings. The van der Waals surface area contributed by atoms with Gasteiger partial charge in [0.15, 0.2) is 5.11 Å². The molecule has 0 unspecified atom stereocenters. The molecule has 4 rings (SSSR count). The summed E-state index contributed by atoms with van der Waals surface area (Å²) in [6.45, 7) is 5.89. The van der Waals surface area contributed by atoms with E-state index >= 15 is 0 Å². The summed E-state index contributed by atoms with van der Waals surface area (Å²) >= 11 is 5.49. The number of para-hydroxylation sites is 1. The second kappa shape index (κ2) is 9.87. The van der Waals surface area contributed by atoms with E-state index in [0.29, 0.717) is 24.1 Å². The van der Waals surface area contributed by atoms with Gasteiger partial charge in [0.2, 0.25) is 5.91 Å². The lowest BCUT2D eigenvalue weighted by Crippen LogP contribution is -2.30. The smallest absolute Gasteiger partial charge is 0.239 e. The number of benzene rings is 2. The first-order valence-electron chi connectivity index (χ1n) is 10.9. The number of anilines is 1. The van der Waals surface area contributed by atoms with Crippen LogP contribution in [0.25, 0.3) is 21.8 Å². The molecule has 4 aromatic rings. The Kier molecular flexibility index (Phi) is 6.75. The fourth-order valence-electron chi connectivity index (χ4n) is 3.75. The highest BCUT2D eigenvalue weighted by Crippen LogP contribution is 2.21. The van der Waals surface area contributed by atoms with Crippen LogP contribution in [0.15, 0.2) is 60.9 Å². The van der Waals surface area contributed by atoms with Gasteiger partial charge >= 0.3 is 0 Å². The minimum absolute atomic E-state index is 0.0176. The summed E-state index contributed by atoms with van der Waals surface area (Å²) in [5.41, 5.74) is 4.31. The van der Waals surface area contributed by atoms with Crippen molar-refractivity contribution in [3.8, 4) is 0 Å². The van der Waals surface area contributed by atoms with Crippen molar-refractivity contribution in [1.82, 2.24) is 20.2 Å². The first-order valence-corrected chi connectivity index (χ1v) is 11.4. The van der Waals surface area contributed by atoms with Crippen molar-refractivity contribution in [3.63, 3.8) is 0 Å². The molecule has 32 heavy (non-hydrogen) atoms. The van der Waals surface area contributed by atoms with E-state index in [9.17, 15) is 4.79 Å². The molecule has 166 valence electrons. The van der Waals surface area contributed by atoms with Crippen LogP contribution in [0, 0.1) is 5.92 Å². The molecule has 0 aliphatic rings. The number of amides is 1. The third-order valence-electron chi connectivity index (χ3n) is 5.41. The van der Waals surface area contributed by atoms with Crippen molar-refractivity contribution in [3.05, 3.63) is 66.5 Å². The number of rotatable bonds is 8. The summed E-state index contributed by atoms with van der Waals surface area (Å²) in [6, 6.07) is 16.4. The maximum atomic E-state index is 12.2. The molecule has 2 heterocycles. The monoisotopic (exact) mass is 447 g/mol. The zero-order chi connectivity index (χ0) is 22.5. The largest absolute Gasteiger partial charge is 0.362 e. The van der Waals surface area contributed by atoms with E-state index < -0.39 is 0 Å². The number of fused-ring (bicyclic) bond motifs is 2. The molecular formula is C25H29N5OS. The Labute approximate surface area is 193 Å². The van der Waals surface area contributed by atoms with E-state index in [4.69, 9.17) is 12.2 Å². The van der Waals surface area contributed by atoms with Crippen LogP contribution in [-0.4, -0.2) is 33.7 Å². The van der Waals surface area contributed by atoms with Gasteiger partial charge in [-0.3, -0.25) is 4.79 Å². The Balaban J connectivity index is 1.34. The first kappa shape index (κ1) is 21.9. The number of thiocarbonyl (C=S) groups is 1. The minimum atomic E-state index is 0.0176. The van der Waals surface area contributed by atoms with Gasteiger partial charge in [-0.05, 0) is 59.8 Å². The van der Waals surface area contributed by atoms with Crippen molar-refractivity contribution in [2.45, 2.75) is 26.8 Å². The second-order valence-electron chi connectivity index (χ2n) is 8.41. The first-order chi connectivity index (χ1) is 15.5. The highest BCUT2D eigenvalue weighted by atomic mass is 32.1.